The lowest BCUT2D eigenvalue weighted by Gasteiger charge is -2.10. The van der Waals surface area contributed by atoms with Crippen LogP contribution in [0.5, 0.6) is 0 Å². The summed E-state index contributed by atoms with van der Waals surface area (Å²) in [5.41, 5.74) is 3.85. The molecule has 0 fully saturated rings. The van der Waals surface area contributed by atoms with E-state index in [1.54, 1.807) is 24.3 Å². The summed E-state index contributed by atoms with van der Waals surface area (Å²) in [5, 5.41) is 6.50. The van der Waals surface area contributed by atoms with E-state index < -0.39 is 0 Å². The molecule has 122 valence electrons. The van der Waals surface area contributed by atoms with Gasteiger partial charge in [0.2, 0.25) is 0 Å². The summed E-state index contributed by atoms with van der Waals surface area (Å²) < 4.78 is 5.06. The summed E-state index contributed by atoms with van der Waals surface area (Å²) >= 11 is 6.25. The summed E-state index contributed by atoms with van der Waals surface area (Å²) in [7, 11) is 0. The van der Waals surface area contributed by atoms with Crippen molar-refractivity contribution in [2.75, 3.05) is 10.6 Å². The van der Waals surface area contributed by atoms with Crippen molar-refractivity contribution in [2.24, 2.45) is 0 Å². The number of halogens is 1. The monoisotopic (exact) mass is 340 g/mol. The highest BCUT2D eigenvalue weighted by Gasteiger charge is 2.11. The fourth-order valence-electron chi connectivity index (χ4n) is 2.23. The quantitative estimate of drug-likeness (QED) is 0.679. The second-order valence-corrected chi connectivity index (χ2v) is 5.87. The number of carbonyl (C=O) groups is 1. The van der Waals surface area contributed by atoms with Crippen molar-refractivity contribution in [3.63, 3.8) is 0 Å². The number of benzene rings is 2. The van der Waals surface area contributed by atoms with Gasteiger partial charge in [-0.25, -0.2) is 0 Å². The van der Waals surface area contributed by atoms with Crippen molar-refractivity contribution >= 4 is 28.9 Å². The van der Waals surface area contributed by atoms with E-state index in [9.17, 15) is 4.79 Å². The minimum absolute atomic E-state index is 0.243. The van der Waals surface area contributed by atoms with Gasteiger partial charge >= 0.3 is 0 Å². The standard InChI is InChI=1S/C19H17ClN2O2/c1-13-4-6-14(7-5-13)12-21-15-8-9-17(16(20)11-15)22-19(23)18-3-2-10-24-18/h2-11,21H,12H2,1H3,(H,22,23). The van der Waals surface area contributed by atoms with E-state index in [2.05, 4.69) is 41.8 Å². The number of hydrogen-bond donors (Lipinski definition) is 2. The summed E-state index contributed by atoms with van der Waals surface area (Å²) in [6.45, 7) is 2.77. The van der Waals surface area contributed by atoms with Crippen molar-refractivity contribution in [3.8, 4) is 0 Å². The highest BCUT2D eigenvalue weighted by atomic mass is 35.5. The molecule has 2 aromatic carbocycles. The lowest BCUT2D eigenvalue weighted by atomic mass is 10.1. The summed E-state index contributed by atoms with van der Waals surface area (Å²) in [6, 6.07) is 17.0. The van der Waals surface area contributed by atoms with Gasteiger partial charge in [0.25, 0.3) is 5.91 Å². The van der Waals surface area contributed by atoms with Gasteiger partial charge in [-0.2, -0.15) is 0 Å². The van der Waals surface area contributed by atoms with Gasteiger partial charge in [-0.1, -0.05) is 41.4 Å². The van der Waals surface area contributed by atoms with E-state index in [0.717, 1.165) is 5.69 Å². The molecular weight excluding hydrogens is 324 g/mol. The van der Waals surface area contributed by atoms with Crippen LogP contribution in [-0.2, 0) is 6.54 Å². The van der Waals surface area contributed by atoms with Crippen LogP contribution in [0.4, 0.5) is 11.4 Å². The molecule has 4 nitrogen and oxygen atoms in total. The number of hydrogen-bond acceptors (Lipinski definition) is 3. The third-order valence-corrected chi connectivity index (χ3v) is 3.89. The summed E-state index contributed by atoms with van der Waals surface area (Å²) in [5.74, 6) is -0.0881. The lowest BCUT2D eigenvalue weighted by Crippen LogP contribution is -2.11. The van der Waals surface area contributed by atoms with Crippen LogP contribution in [0.2, 0.25) is 5.02 Å². The zero-order valence-corrected chi connectivity index (χ0v) is 13.9. The molecule has 0 spiro atoms. The van der Waals surface area contributed by atoms with E-state index in [1.807, 2.05) is 6.07 Å². The van der Waals surface area contributed by atoms with Crippen molar-refractivity contribution in [3.05, 3.63) is 82.8 Å². The van der Waals surface area contributed by atoms with Gasteiger partial charge < -0.3 is 15.1 Å². The van der Waals surface area contributed by atoms with E-state index in [1.165, 1.54) is 17.4 Å². The molecule has 0 saturated heterocycles. The molecule has 1 aromatic heterocycles. The Morgan fingerprint density at radius 2 is 1.92 bits per heavy atom. The topological polar surface area (TPSA) is 54.3 Å². The van der Waals surface area contributed by atoms with Crippen molar-refractivity contribution in [1.82, 2.24) is 0 Å². The Morgan fingerprint density at radius 1 is 1.12 bits per heavy atom. The molecule has 0 bridgehead atoms. The van der Waals surface area contributed by atoms with Gasteiger partial charge in [0.15, 0.2) is 5.76 Å². The summed E-state index contributed by atoms with van der Waals surface area (Å²) in [4.78, 5) is 12.0. The average Bonchev–Trinajstić information content (AvgIpc) is 3.11. The van der Waals surface area contributed by atoms with Crippen LogP contribution >= 0.6 is 11.6 Å². The molecule has 3 aromatic rings. The maximum absolute atomic E-state index is 12.0. The van der Waals surface area contributed by atoms with E-state index in [4.69, 9.17) is 16.0 Å². The number of amides is 1. The average molecular weight is 341 g/mol. The predicted octanol–water partition coefficient (Wildman–Crippen LogP) is 5.11. The largest absolute Gasteiger partial charge is 0.459 e. The first-order valence-corrected chi connectivity index (χ1v) is 7.93. The Labute approximate surface area is 145 Å². The predicted molar refractivity (Wildman–Crippen MR) is 96.6 cm³/mol. The second-order valence-electron chi connectivity index (χ2n) is 5.47. The molecule has 0 unspecified atom stereocenters. The van der Waals surface area contributed by atoms with Crippen LogP contribution in [0, 0.1) is 6.92 Å². The van der Waals surface area contributed by atoms with Crippen molar-refractivity contribution in [1.29, 1.82) is 0 Å². The van der Waals surface area contributed by atoms with E-state index in [0.29, 0.717) is 17.3 Å². The number of rotatable bonds is 5. The Balaban J connectivity index is 1.64. The van der Waals surface area contributed by atoms with Crippen LogP contribution < -0.4 is 10.6 Å². The molecule has 1 amide bonds. The molecule has 0 aliphatic carbocycles. The van der Waals surface area contributed by atoms with Gasteiger partial charge in [-0.3, -0.25) is 4.79 Å². The normalized spacial score (nSPS) is 10.4. The molecule has 0 aliphatic heterocycles. The number of carbonyl (C=O) groups excluding carboxylic acids is 1. The first-order chi connectivity index (χ1) is 11.6. The van der Waals surface area contributed by atoms with Crippen LogP contribution in [0.25, 0.3) is 0 Å². The molecule has 0 atom stereocenters. The molecule has 0 radical (unpaired) electrons. The SMILES string of the molecule is Cc1ccc(CNc2ccc(NC(=O)c3ccco3)c(Cl)c2)cc1. The maximum Gasteiger partial charge on any atom is 0.291 e. The molecule has 5 heteroatoms. The highest BCUT2D eigenvalue weighted by Crippen LogP contribution is 2.26. The second kappa shape index (κ2) is 7.23. The fraction of sp³-hybridized carbons (Fsp3) is 0.105. The maximum atomic E-state index is 12.0. The lowest BCUT2D eigenvalue weighted by molar-refractivity contribution is 0.0996. The van der Waals surface area contributed by atoms with Gasteiger partial charge in [-0.05, 0) is 42.8 Å². The van der Waals surface area contributed by atoms with Crippen LogP contribution in [0.3, 0.4) is 0 Å². The van der Waals surface area contributed by atoms with Gasteiger partial charge in [0.1, 0.15) is 0 Å². The first-order valence-electron chi connectivity index (χ1n) is 7.55. The molecule has 2 N–H and O–H groups in total. The fourth-order valence-corrected chi connectivity index (χ4v) is 2.46. The van der Waals surface area contributed by atoms with Crippen LogP contribution in [0.15, 0.2) is 65.3 Å². The van der Waals surface area contributed by atoms with Crippen LogP contribution in [-0.4, -0.2) is 5.91 Å². The Hall–Kier alpha value is -2.72. The zero-order chi connectivity index (χ0) is 16.9. The Morgan fingerprint density at radius 3 is 2.58 bits per heavy atom. The van der Waals surface area contributed by atoms with Crippen molar-refractivity contribution in [2.45, 2.75) is 13.5 Å². The molecule has 24 heavy (non-hydrogen) atoms. The van der Waals surface area contributed by atoms with Gasteiger partial charge in [0.05, 0.1) is 17.0 Å². The number of nitrogens with one attached hydrogen (secondary N) is 2. The third-order valence-electron chi connectivity index (χ3n) is 3.58. The number of furan rings is 1. The Bertz CT molecular complexity index is 827. The molecular formula is C19H17ClN2O2. The van der Waals surface area contributed by atoms with Crippen molar-refractivity contribution < 1.29 is 9.21 Å². The number of aryl methyl sites for hydroxylation is 1. The van der Waals surface area contributed by atoms with E-state index >= 15 is 0 Å². The number of anilines is 2. The molecule has 0 saturated carbocycles. The van der Waals surface area contributed by atoms with Gasteiger partial charge in [0, 0.05) is 12.2 Å². The van der Waals surface area contributed by atoms with Crippen LogP contribution in [0.1, 0.15) is 21.7 Å². The minimum Gasteiger partial charge on any atom is -0.459 e. The third kappa shape index (κ3) is 3.97. The van der Waals surface area contributed by atoms with E-state index in [-0.39, 0.29) is 11.7 Å². The first kappa shape index (κ1) is 16.1. The molecule has 1 heterocycles. The van der Waals surface area contributed by atoms with Gasteiger partial charge in [-0.15, -0.1) is 0 Å². The molecule has 3 rings (SSSR count). The highest BCUT2D eigenvalue weighted by molar-refractivity contribution is 6.34. The minimum atomic E-state index is -0.331. The zero-order valence-electron chi connectivity index (χ0n) is 13.2. The molecule has 0 aliphatic rings. The Kier molecular flexibility index (Phi) is 4.87. The summed E-state index contributed by atoms with van der Waals surface area (Å²) in [6.07, 6.45) is 1.45. The smallest absolute Gasteiger partial charge is 0.291 e.